The second-order valence-corrected chi connectivity index (χ2v) is 7.82. The number of nitrogens with zero attached hydrogens (tertiary/aromatic N) is 2. The van der Waals surface area contributed by atoms with Gasteiger partial charge >= 0.3 is 0 Å². The second kappa shape index (κ2) is 8.86. The van der Waals surface area contributed by atoms with Crippen molar-refractivity contribution in [3.63, 3.8) is 0 Å². The van der Waals surface area contributed by atoms with Gasteiger partial charge in [-0.1, -0.05) is 12.2 Å². The highest BCUT2D eigenvalue weighted by molar-refractivity contribution is 5.97. The highest BCUT2D eigenvalue weighted by atomic mass is 16.5. The zero-order valence-corrected chi connectivity index (χ0v) is 16.9. The summed E-state index contributed by atoms with van der Waals surface area (Å²) in [6, 6.07) is 5.20. The average molecular weight is 399 g/mol. The van der Waals surface area contributed by atoms with Crippen LogP contribution < -0.4 is 14.8 Å². The van der Waals surface area contributed by atoms with E-state index in [1.165, 1.54) is 0 Å². The lowest BCUT2D eigenvalue weighted by Gasteiger charge is -2.34. The van der Waals surface area contributed by atoms with Crippen LogP contribution in [0.4, 0.5) is 0 Å². The molecular weight excluding hydrogens is 370 g/mol. The van der Waals surface area contributed by atoms with Crippen molar-refractivity contribution in [1.82, 2.24) is 15.1 Å². The number of nitrogens with one attached hydrogen (secondary N) is 1. The fourth-order valence-electron chi connectivity index (χ4n) is 4.20. The summed E-state index contributed by atoms with van der Waals surface area (Å²) in [7, 11) is 1.61. The van der Waals surface area contributed by atoms with E-state index in [1.807, 2.05) is 22.0 Å². The Morgan fingerprint density at radius 2 is 1.83 bits per heavy atom. The van der Waals surface area contributed by atoms with Crippen molar-refractivity contribution in [1.29, 1.82) is 0 Å². The third-order valence-electron chi connectivity index (χ3n) is 5.91. The average Bonchev–Trinajstić information content (AvgIpc) is 3.47. The van der Waals surface area contributed by atoms with Gasteiger partial charge in [0.05, 0.1) is 12.7 Å². The lowest BCUT2D eigenvalue weighted by atomic mass is 10.1. The second-order valence-electron chi connectivity index (χ2n) is 7.82. The molecule has 0 bridgehead atoms. The van der Waals surface area contributed by atoms with Gasteiger partial charge in [-0.15, -0.1) is 0 Å². The molecule has 1 unspecified atom stereocenters. The van der Waals surface area contributed by atoms with E-state index in [2.05, 4.69) is 5.32 Å². The van der Waals surface area contributed by atoms with Crippen molar-refractivity contribution in [2.45, 2.75) is 37.8 Å². The molecule has 0 saturated carbocycles. The van der Waals surface area contributed by atoms with E-state index in [0.717, 1.165) is 45.3 Å². The number of benzene rings is 1. The summed E-state index contributed by atoms with van der Waals surface area (Å²) in [5.41, 5.74) is 0.589. The van der Waals surface area contributed by atoms with Gasteiger partial charge in [-0.3, -0.25) is 14.9 Å². The first-order chi connectivity index (χ1) is 14.2. The van der Waals surface area contributed by atoms with Crippen LogP contribution in [0.15, 0.2) is 30.4 Å². The predicted octanol–water partition coefficient (Wildman–Crippen LogP) is 1.83. The lowest BCUT2D eigenvalue weighted by Crippen LogP contribution is -2.48. The van der Waals surface area contributed by atoms with Gasteiger partial charge in [-0.2, -0.15) is 0 Å². The highest BCUT2D eigenvalue weighted by Gasteiger charge is 2.30. The molecule has 0 aromatic heterocycles. The fourth-order valence-corrected chi connectivity index (χ4v) is 4.20. The number of hydrogen-bond donors (Lipinski definition) is 1. The molecule has 3 heterocycles. The molecule has 1 aromatic rings. The number of piperidine rings is 1. The van der Waals surface area contributed by atoms with Gasteiger partial charge in [0.1, 0.15) is 23.6 Å². The van der Waals surface area contributed by atoms with Crippen LogP contribution in [0.1, 0.15) is 36.0 Å². The van der Waals surface area contributed by atoms with Gasteiger partial charge in [0, 0.05) is 51.6 Å². The number of rotatable bonds is 5. The topological polar surface area (TPSA) is 71.1 Å². The molecule has 7 heteroatoms. The molecule has 0 spiro atoms. The first-order valence-corrected chi connectivity index (χ1v) is 10.5. The van der Waals surface area contributed by atoms with Crippen LogP contribution in [0.2, 0.25) is 0 Å². The predicted molar refractivity (Wildman–Crippen MR) is 109 cm³/mol. The summed E-state index contributed by atoms with van der Waals surface area (Å²) in [5, 5.41) is 3.17. The van der Waals surface area contributed by atoms with Crippen LogP contribution in [-0.4, -0.2) is 73.6 Å². The molecule has 2 fully saturated rings. The monoisotopic (exact) mass is 399 g/mol. The van der Waals surface area contributed by atoms with Crippen molar-refractivity contribution in [2.75, 3.05) is 39.8 Å². The van der Waals surface area contributed by atoms with Crippen LogP contribution in [-0.2, 0) is 4.79 Å². The van der Waals surface area contributed by atoms with Gasteiger partial charge in [0.25, 0.3) is 5.91 Å². The summed E-state index contributed by atoms with van der Waals surface area (Å²) in [4.78, 5) is 29.3. The van der Waals surface area contributed by atoms with E-state index in [1.54, 1.807) is 25.3 Å². The van der Waals surface area contributed by atoms with Gasteiger partial charge in [-0.05, 0) is 25.0 Å². The molecule has 156 valence electrons. The van der Waals surface area contributed by atoms with Gasteiger partial charge < -0.3 is 19.3 Å². The number of methoxy groups -OCH3 is 1. The molecule has 0 aliphatic carbocycles. The quantitative estimate of drug-likeness (QED) is 0.765. The van der Waals surface area contributed by atoms with Crippen LogP contribution >= 0.6 is 0 Å². The SMILES string of the molecule is COc1ccc(C(=O)N2CCCC2)c(OC2CCN(C(=O)C3C=CCN3)CC2)c1. The van der Waals surface area contributed by atoms with Crippen LogP contribution in [0.25, 0.3) is 0 Å². The van der Waals surface area contributed by atoms with Gasteiger partial charge in [-0.25, -0.2) is 0 Å². The molecule has 7 nitrogen and oxygen atoms in total. The Balaban J connectivity index is 1.41. The maximum Gasteiger partial charge on any atom is 0.257 e. The van der Waals surface area contributed by atoms with Crippen LogP contribution in [0.5, 0.6) is 11.5 Å². The van der Waals surface area contributed by atoms with Crippen molar-refractivity contribution < 1.29 is 19.1 Å². The molecule has 0 radical (unpaired) electrons. The van der Waals surface area contributed by atoms with E-state index >= 15 is 0 Å². The van der Waals surface area contributed by atoms with E-state index < -0.39 is 0 Å². The van der Waals surface area contributed by atoms with Crippen LogP contribution in [0.3, 0.4) is 0 Å². The number of carbonyl (C=O) groups excluding carboxylic acids is 2. The molecule has 29 heavy (non-hydrogen) atoms. The maximum atomic E-state index is 12.9. The number of likely N-dealkylation sites (tertiary alicyclic amines) is 2. The number of hydrogen-bond acceptors (Lipinski definition) is 5. The first kappa shape index (κ1) is 19.8. The molecule has 2 saturated heterocycles. The van der Waals surface area contributed by atoms with E-state index in [-0.39, 0.29) is 24.0 Å². The minimum absolute atomic E-state index is 0.0202. The first-order valence-electron chi connectivity index (χ1n) is 10.5. The van der Waals surface area contributed by atoms with E-state index in [0.29, 0.717) is 30.2 Å². The summed E-state index contributed by atoms with van der Waals surface area (Å²) >= 11 is 0. The minimum Gasteiger partial charge on any atom is -0.497 e. The Morgan fingerprint density at radius 1 is 1.07 bits per heavy atom. The molecule has 1 aromatic carbocycles. The summed E-state index contributed by atoms with van der Waals surface area (Å²) in [6.45, 7) is 3.67. The molecule has 1 atom stereocenters. The zero-order chi connectivity index (χ0) is 20.2. The third kappa shape index (κ3) is 4.40. The lowest BCUT2D eigenvalue weighted by molar-refractivity contribution is -0.133. The Hall–Kier alpha value is -2.54. The third-order valence-corrected chi connectivity index (χ3v) is 5.91. The molecule has 3 aliphatic rings. The zero-order valence-electron chi connectivity index (χ0n) is 16.9. The molecule has 3 aliphatic heterocycles. The van der Waals surface area contributed by atoms with Crippen molar-refractivity contribution >= 4 is 11.8 Å². The van der Waals surface area contributed by atoms with Gasteiger partial charge in [0.2, 0.25) is 5.91 Å². The summed E-state index contributed by atoms with van der Waals surface area (Å²) < 4.78 is 11.6. The van der Waals surface area contributed by atoms with Crippen molar-refractivity contribution in [3.05, 3.63) is 35.9 Å². The Bertz CT molecular complexity index is 780. The summed E-state index contributed by atoms with van der Waals surface area (Å²) in [6.07, 6.45) is 7.49. The Kier molecular flexibility index (Phi) is 6.04. The Labute approximate surface area is 171 Å². The van der Waals surface area contributed by atoms with Crippen molar-refractivity contribution in [3.8, 4) is 11.5 Å². The van der Waals surface area contributed by atoms with Crippen LogP contribution in [0, 0.1) is 0 Å². The normalized spacial score (nSPS) is 22.2. The largest absolute Gasteiger partial charge is 0.497 e. The maximum absolute atomic E-state index is 12.9. The molecule has 2 amide bonds. The highest BCUT2D eigenvalue weighted by Crippen LogP contribution is 2.30. The molecule has 4 rings (SSSR count). The van der Waals surface area contributed by atoms with E-state index in [4.69, 9.17) is 9.47 Å². The van der Waals surface area contributed by atoms with Crippen molar-refractivity contribution in [2.24, 2.45) is 0 Å². The summed E-state index contributed by atoms with van der Waals surface area (Å²) in [5.74, 6) is 1.39. The number of carbonyl (C=O) groups is 2. The molecule has 1 N–H and O–H groups in total. The number of ether oxygens (including phenoxy) is 2. The molecular formula is C22H29N3O4. The van der Waals surface area contributed by atoms with Gasteiger partial charge in [0.15, 0.2) is 0 Å². The smallest absolute Gasteiger partial charge is 0.257 e. The minimum atomic E-state index is -0.199. The fraction of sp³-hybridized carbons (Fsp3) is 0.545. The Morgan fingerprint density at radius 3 is 2.48 bits per heavy atom. The standard InChI is InChI=1S/C22H29N3O4/c1-28-17-6-7-18(21(26)24-11-2-3-12-24)20(15-17)29-16-8-13-25(14-9-16)22(27)19-5-4-10-23-19/h4-7,15-16,19,23H,2-3,8-14H2,1H3. The van der Waals surface area contributed by atoms with E-state index in [9.17, 15) is 9.59 Å². The number of amides is 2.